The highest BCUT2D eigenvalue weighted by atomic mass is 19.1. The van der Waals surface area contributed by atoms with E-state index in [1.807, 2.05) is 0 Å². The maximum atomic E-state index is 13.3. The third kappa shape index (κ3) is 2.40. The van der Waals surface area contributed by atoms with Crippen LogP contribution in [0, 0.1) is 5.82 Å². The van der Waals surface area contributed by atoms with Gasteiger partial charge < -0.3 is 5.32 Å². The number of carbonyl (C=O) groups excluding carboxylic acids is 2. The van der Waals surface area contributed by atoms with Crippen LogP contribution in [0.3, 0.4) is 0 Å². The van der Waals surface area contributed by atoms with E-state index in [9.17, 15) is 14.0 Å². The summed E-state index contributed by atoms with van der Waals surface area (Å²) in [6, 6.07) is 3.99. The molecule has 4 nitrogen and oxygen atoms in total. The minimum Gasteiger partial charge on any atom is -0.349 e. The Labute approximate surface area is 109 Å². The third-order valence-electron chi connectivity index (χ3n) is 2.76. The van der Waals surface area contributed by atoms with Crippen molar-refractivity contribution in [2.24, 2.45) is 0 Å². The van der Waals surface area contributed by atoms with Gasteiger partial charge in [-0.15, -0.1) is 6.58 Å². The summed E-state index contributed by atoms with van der Waals surface area (Å²) in [6.07, 6.45) is 2.98. The number of hydrogen-bond acceptors (Lipinski definition) is 2. The van der Waals surface area contributed by atoms with Crippen molar-refractivity contribution in [1.29, 1.82) is 0 Å². The number of amides is 1. The molecule has 19 heavy (non-hydrogen) atoms. The summed E-state index contributed by atoms with van der Waals surface area (Å²) in [4.78, 5) is 23.5. The normalized spacial score (nSPS) is 10.4. The predicted molar refractivity (Wildman–Crippen MR) is 70.7 cm³/mol. The Morgan fingerprint density at radius 2 is 2.21 bits per heavy atom. The maximum absolute atomic E-state index is 13.3. The molecule has 2 aromatic rings. The van der Waals surface area contributed by atoms with Crippen LogP contribution < -0.4 is 5.32 Å². The summed E-state index contributed by atoms with van der Waals surface area (Å²) in [5.41, 5.74) is 0.725. The van der Waals surface area contributed by atoms with Crippen molar-refractivity contribution in [2.45, 2.75) is 6.92 Å². The quantitative estimate of drug-likeness (QED) is 0.861. The number of rotatable bonds is 3. The van der Waals surface area contributed by atoms with Crippen LogP contribution in [0.2, 0.25) is 0 Å². The van der Waals surface area contributed by atoms with Crippen LogP contribution in [0.5, 0.6) is 0 Å². The van der Waals surface area contributed by atoms with Crippen molar-refractivity contribution in [3.05, 3.63) is 48.4 Å². The largest absolute Gasteiger partial charge is 0.349 e. The summed E-state index contributed by atoms with van der Waals surface area (Å²) in [6.45, 7) is 5.19. The van der Waals surface area contributed by atoms with Gasteiger partial charge in [-0.25, -0.2) is 4.39 Å². The smallest absolute Gasteiger partial charge is 0.253 e. The van der Waals surface area contributed by atoms with Gasteiger partial charge >= 0.3 is 0 Å². The molecule has 2 rings (SSSR count). The topological polar surface area (TPSA) is 51.1 Å². The summed E-state index contributed by atoms with van der Waals surface area (Å²) in [5.74, 6) is -1.05. The van der Waals surface area contributed by atoms with E-state index in [4.69, 9.17) is 0 Å². The molecular formula is C14H13FN2O2. The number of fused-ring (bicyclic) bond motifs is 1. The van der Waals surface area contributed by atoms with Crippen LogP contribution in [0.15, 0.2) is 37.1 Å². The average molecular weight is 260 g/mol. The van der Waals surface area contributed by atoms with Crippen molar-refractivity contribution in [1.82, 2.24) is 9.88 Å². The summed E-state index contributed by atoms with van der Waals surface area (Å²) in [5, 5.41) is 3.17. The summed E-state index contributed by atoms with van der Waals surface area (Å²) in [7, 11) is 0. The van der Waals surface area contributed by atoms with Gasteiger partial charge in [0.2, 0.25) is 5.91 Å². The lowest BCUT2D eigenvalue weighted by atomic mass is 10.1. The lowest BCUT2D eigenvalue weighted by Crippen LogP contribution is -2.23. The number of carbonyl (C=O) groups is 2. The van der Waals surface area contributed by atoms with E-state index in [-0.39, 0.29) is 11.8 Å². The molecule has 0 aliphatic carbocycles. The van der Waals surface area contributed by atoms with Crippen LogP contribution in [0.4, 0.5) is 4.39 Å². The van der Waals surface area contributed by atoms with Gasteiger partial charge in [0, 0.05) is 25.1 Å². The molecule has 1 aromatic heterocycles. The minimum atomic E-state index is -0.453. The SMILES string of the molecule is C=CCNC(=O)c1cn(C(C)=O)c2cc(F)ccc12. The molecule has 1 N–H and O–H groups in total. The molecule has 1 amide bonds. The number of nitrogens with one attached hydrogen (secondary N) is 1. The van der Waals surface area contributed by atoms with Gasteiger partial charge in [0.15, 0.2) is 0 Å². The second-order valence-electron chi connectivity index (χ2n) is 4.09. The monoisotopic (exact) mass is 260 g/mol. The minimum absolute atomic E-state index is 0.279. The average Bonchev–Trinajstić information content (AvgIpc) is 2.74. The predicted octanol–water partition coefficient (Wildman–Crippen LogP) is 2.36. The Balaban J connectivity index is 2.59. The molecule has 1 heterocycles. The molecule has 0 fully saturated rings. The van der Waals surface area contributed by atoms with Crippen molar-refractivity contribution in [3.8, 4) is 0 Å². The fourth-order valence-electron chi connectivity index (χ4n) is 1.90. The van der Waals surface area contributed by atoms with E-state index in [2.05, 4.69) is 11.9 Å². The van der Waals surface area contributed by atoms with Crippen LogP contribution in [0.25, 0.3) is 10.9 Å². The summed E-state index contributed by atoms with van der Waals surface area (Å²) < 4.78 is 14.5. The zero-order chi connectivity index (χ0) is 14.0. The van der Waals surface area contributed by atoms with Gasteiger partial charge in [0.1, 0.15) is 5.82 Å². The Hall–Kier alpha value is -2.43. The fourth-order valence-corrected chi connectivity index (χ4v) is 1.90. The highest BCUT2D eigenvalue weighted by Gasteiger charge is 2.16. The highest BCUT2D eigenvalue weighted by Crippen LogP contribution is 2.22. The second kappa shape index (κ2) is 5.06. The zero-order valence-corrected chi connectivity index (χ0v) is 10.4. The van der Waals surface area contributed by atoms with Gasteiger partial charge in [-0.3, -0.25) is 14.2 Å². The van der Waals surface area contributed by atoms with Gasteiger partial charge in [-0.05, 0) is 18.2 Å². The number of benzene rings is 1. The number of halogens is 1. The first-order chi connectivity index (χ1) is 9.04. The van der Waals surface area contributed by atoms with E-state index in [0.29, 0.717) is 23.0 Å². The van der Waals surface area contributed by atoms with E-state index >= 15 is 0 Å². The molecule has 1 aromatic carbocycles. The molecule has 0 aliphatic rings. The number of nitrogens with zero attached hydrogens (tertiary/aromatic N) is 1. The van der Waals surface area contributed by atoms with E-state index in [0.717, 1.165) is 0 Å². The van der Waals surface area contributed by atoms with E-state index in [1.54, 1.807) is 6.08 Å². The van der Waals surface area contributed by atoms with Gasteiger partial charge in [-0.1, -0.05) is 6.08 Å². The first kappa shape index (κ1) is 13.0. The molecule has 0 unspecified atom stereocenters. The van der Waals surface area contributed by atoms with Gasteiger partial charge in [-0.2, -0.15) is 0 Å². The number of hydrogen-bond donors (Lipinski definition) is 1. The van der Waals surface area contributed by atoms with E-state index < -0.39 is 5.82 Å². The van der Waals surface area contributed by atoms with Crippen molar-refractivity contribution in [2.75, 3.05) is 6.54 Å². The van der Waals surface area contributed by atoms with Crippen LogP contribution in [-0.2, 0) is 0 Å². The lowest BCUT2D eigenvalue weighted by molar-refractivity contribution is 0.0941. The van der Waals surface area contributed by atoms with E-state index in [1.165, 1.54) is 35.9 Å². The first-order valence-electron chi connectivity index (χ1n) is 5.75. The molecular weight excluding hydrogens is 247 g/mol. The molecule has 0 radical (unpaired) electrons. The first-order valence-corrected chi connectivity index (χ1v) is 5.75. The van der Waals surface area contributed by atoms with Crippen molar-refractivity contribution in [3.63, 3.8) is 0 Å². The molecule has 0 aliphatic heterocycles. The van der Waals surface area contributed by atoms with Crippen LogP contribution >= 0.6 is 0 Å². The maximum Gasteiger partial charge on any atom is 0.253 e. The van der Waals surface area contributed by atoms with Gasteiger partial charge in [0.05, 0.1) is 11.1 Å². The number of aromatic nitrogens is 1. The Bertz CT molecular complexity index is 673. The van der Waals surface area contributed by atoms with Crippen LogP contribution in [-0.4, -0.2) is 22.9 Å². The third-order valence-corrected chi connectivity index (χ3v) is 2.76. The van der Waals surface area contributed by atoms with Crippen molar-refractivity contribution >= 4 is 22.7 Å². The standard InChI is InChI=1S/C14H13FN2O2/c1-3-6-16-14(19)12-8-17(9(2)18)13-7-10(15)4-5-11(12)13/h3-5,7-8H,1,6H2,2H3,(H,16,19). The molecule has 0 bridgehead atoms. The van der Waals surface area contributed by atoms with Crippen LogP contribution in [0.1, 0.15) is 22.1 Å². The van der Waals surface area contributed by atoms with Gasteiger partial charge in [0.25, 0.3) is 5.91 Å². The Kier molecular flexibility index (Phi) is 3.46. The lowest BCUT2D eigenvalue weighted by Gasteiger charge is -2.00. The fraction of sp³-hybridized carbons (Fsp3) is 0.143. The molecule has 98 valence electrons. The second-order valence-corrected chi connectivity index (χ2v) is 4.09. The Morgan fingerprint density at radius 1 is 1.47 bits per heavy atom. The summed E-state index contributed by atoms with van der Waals surface area (Å²) >= 11 is 0. The van der Waals surface area contributed by atoms with Crippen molar-refractivity contribution < 1.29 is 14.0 Å². The molecule has 0 spiro atoms. The Morgan fingerprint density at radius 3 is 2.84 bits per heavy atom. The molecule has 5 heteroatoms. The highest BCUT2D eigenvalue weighted by molar-refractivity contribution is 6.09. The molecule has 0 saturated heterocycles. The molecule has 0 saturated carbocycles. The zero-order valence-electron chi connectivity index (χ0n) is 10.4. The molecule has 0 atom stereocenters.